The Bertz CT molecular complexity index is 689. The van der Waals surface area contributed by atoms with Crippen molar-refractivity contribution in [3.8, 4) is 5.75 Å². The summed E-state index contributed by atoms with van der Waals surface area (Å²) < 4.78 is 5.24. The highest BCUT2D eigenvalue weighted by molar-refractivity contribution is 14.0. The van der Waals surface area contributed by atoms with Crippen LogP contribution in [0.15, 0.2) is 29.3 Å². The molecule has 1 unspecified atom stereocenters. The maximum atomic E-state index is 12.5. The first-order valence-electron chi connectivity index (χ1n) is 10.8. The van der Waals surface area contributed by atoms with Crippen LogP contribution >= 0.6 is 24.0 Å². The second-order valence-electron chi connectivity index (χ2n) is 7.83. The van der Waals surface area contributed by atoms with Crippen molar-refractivity contribution in [3.63, 3.8) is 0 Å². The van der Waals surface area contributed by atoms with Crippen LogP contribution in [0.5, 0.6) is 5.75 Å². The third kappa shape index (κ3) is 6.39. The zero-order valence-electron chi connectivity index (χ0n) is 18.5. The number of amides is 1. The predicted octanol–water partition coefficient (Wildman–Crippen LogP) is 2.80. The molecule has 0 aromatic heterocycles. The fourth-order valence-corrected chi connectivity index (χ4v) is 4.20. The number of nitrogens with one attached hydrogen (secondary N) is 1. The van der Waals surface area contributed by atoms with Crippen molar-refractivity contribution < 1.29 is 9.53 Å². The number of nitrogens with zero attached hydrogens (tertiary/aromatic N) is 4. The van der Waals surface area contributed by atoms with Crippen LogP contribution in [-0.4, -0.2) is 81.1 Å². The van der Waals surface area contributed by atoms with Crippen LogP contribution in [0.3, 0.4) is 0 Å². The summed E-state index contributed by atoms with van der Waals surface area (Å²) in [5.74, 6) is 2.02. The third-order valence-electron chi connectivity index (χ3n) is 5.97. The van der Waals surface area contributed by atoms with Crippen molar-refractivity contribution in [2.75, 3.05) is 58.3 Å². The fourth-order valence-electron chi connectivity index (χ4n) is 4.20. The number of ether oxygens (including phenoxy) is 1. The summed E-state index contributed by atoms with van der Waals surface area (Å²) in [5.41, 5.74) is 1.22. The van der Waals surface area contributed by atoms with E-state index >= 15 is 0 Å². The van der Waals surface area contributed by atoms with Crippen LogP contribution in [0, 0.1) is 0 Å². The number of likely N-dealkylation sites (tertiary alicyclic amines) is 1. The number of benzene rings is 1. The summed E-state index contributed by atoms with van der Waals surface area (Å²) >= 11 is 0. The van der Waals surface area contributed by atoms with Crippen LogP contribution in [0.4, 0.5) is 5.69 Å². The lowest BCUT2D eigenvalue weighted by Crippen LogP contribution is -2.53. The van der Waals surface area contributed by atoms with E-state index in [1.165, 1.54) is 12.1 Å². The Labute approximate surface area is 197 Å². The number of carbonyl (C=O) groups is 1. The molecule has 2 fully saturated rings. The van der Waals surface area contributed by atoms with Gasteiger partial charge >= 0.3 is 0 Å². The van der Waals surface area contributed by atoms with Gasteiger partial charge in [0.2, 0.25) is 5.91 Å². The van der Waals surface area contributed by atoms with Crippen LogP contribution in [0.2, 0.25) is 0 Å². The molecule has 1 aromatic carbocycles. The number of methoxy groups -OCH3 is 1. The largest absolute Gasteiger partial charge is 0.497 e. The van der Waals surface area contributed by atoms with Crippen molar-refractivity contribution in [3.05, 3.63) is 24.3 Å². The summed E-state index contributed by atoms with van der Waals surface area (Å²) in [7, 11) is 3.50. The van der Waals surface area contributed by atoms with Crippen LogP contribution in [0.1, 0.15) is 32.6 Å². The Kier molecular flexibility index (Phi) is 10.0. The second kappa shape index (κ2) is 12.2. The summed E-state index contributed by atoms with van der Waals surface area (Å²) in [6, 6.07) is 8.59. The second-order valence-corrected chi connectivity index (χ2v) is 7.83. The summed E-state index contributed by atoms with van der Waals surface area (Å²) in [6.07, 6.45) is 4.01. The molecule has 0 radical (unpaired) electrons. The van der Waals surface area contributed by atoms with E-state index in [1.807, 2.05) is 24.1 Å². The van der Waals surface area contributed by atoms with E-state index < -0.39 is 0 Å². The number of carbonyl (C=O) groups excluding carboxylic acids is 1. The molecule has 3 rings (SSSR count). The summed E-state index contributed by atoms with van der Waals surface area (Å²) in [5, 5.41) is 3.39. The highest BCUT2D eigenvalue weighted by Crippen LogP contribution is 2.20. The smallest absolute Gasteiger partial charge is 0.224 e. The van der Waals surface area contributed by atoms with E-state index in [4.69, 9.17) is 4.74 Å². The first kappa shape index (κ1) is 24.6. The molecule has 0 aliphatic carbocycles. The zero-order valence-corrected chi connectivity index (χ0v) is 20.8. The van der Waals surface area contributed by atoms with Crippen molar-refractivity contribution in [2.45, 2.75) is 38.6 Å². The van der Waals surface area contributed by atoms with Crippen molar-refractivity contribution in [1.82, 2.24) is 15.1 Å². The molecule has 2 heterocycles. The Morgan fingerprint density at radius 3 is 2.43 bits per heavy atom. The van der Waals surface area contributed by atoms with Gasteiger partial charge in [0.25, 0.3) is 0 Å². The van der Waals surface area contributed by atoms with Gasteiger partial charge in [-0.05, 0) is 50.5 Å². The highest BCUT2D eigenvalue weighted by Gasteiger charge is 2.23. The topological polar surface area (TPSA) is 60.4 Å². The van der Waals surface area contributed by atoms with E-state index in [2.05, 4.69) is 39.2 Å². The third-order valence-corrected chi connectivity index (χ3v) is 5.97. The van der Waals surface area contributed by atoms with Gasteiger partial charge in [-0.15, -0.1) is 24.0 Å². The highest BCUT2D eigenvalue weighted by atomic mass is 127. The average Bonchev–Trinajstić information content (AvgIpc) is 2.77. The number of piperazine rings is 1. The first-order chi connectivity index (χ1) is 14.1. The summed E-state index contributed by atoms with van der Waals surface area (Å²) in [6.45, 7) is 7.39. The fraction of sp³-hybridized carbons (Fsp3) is 0.636. The standard InChI is InChI=1S/C22H35N5O2.HI/c1-18-6-4-5-13-27(18)21(28)11-12-24-22(23-2)26-16-14-25(15-17-26)19-7-9-20(29-3)10-8-19;/h7-10,18H,4-6,11-17H2,1-3H3,(H,23,24);1H. The van der Waals surface area contributed by atoms with E-state index in [0.717, 1.165) is 57.3 Å². The lowest BCUT2D eigenvalue weighted by Gasteiger charge is -2.38. The molecule has 0 spiro atoms. The maximum absolute atomic E-state index is 12.5. The minimum absolute atomic E-state index is 0. The molecule has 30 heavy (non-hydrogen) atoms. The number of anilines is 1. The van der Waals surface area contributed by atoms with Crippen LogP contribution in [-0.2, 0) is 4.79 Å². The molecular weight excluding hydrogens is 493 g/mol. The zero-order chi connectivity index (χ0) is 20.6. The van der Waals surface area contributed by atoms with Gasteiger partial charge in [0, 0.05) is 64.5 Å². The molecule has 7 nitrogen and oxygen atoms in total. The monoisotopic (exact) mass is 529 g/mol. The molecule has 1 atom stereocenters. The van der Waals surface area contributed by atoms with Gasteiger partial charge in [0.1, 0.15) is 5.75 Å². The van der Waals surface area contributed by atoms with Gasteiger partial charge in [-0.2, -0.15) is 0 Å². The molecular formula is C22H36IN5O2. The first-order valence-corrected chi connectivity index (χ1v) is 10.8. The van der Waals surface area contributed by atoms with E-state index in [-0.39, 0.29) is 29.9 Å². The van der Waals surface area contributed by atoms with E-state index in [9.17, 15) is 4.79 Å². The lowest BCUT2D eigenvalue weighted by molar-refractivity contribution is -0.134. The number of aliphatic imine (C=N–C) groups is 1. The van der Waals surface area contributed by atoms with Crippen LogP contribution in [0.25, 0.3) is 0 Å². The summed E-state index contributed by atoms with van der Waals surface area (Å²) in [4.78, 5) is 23.6. The van der Waals surface area contributed by atoms with Crippen molar-refractivity contribution in [2.24, 2.45) is 4.99 Å². The molecule has 1 N–H and O–H groups in total. The molecule has 1 amide bonds. The normalized spacial score (nSPS) is 19.9. The molecule has 2 aliphatic rings. The SMILES string of the molecule is CN=C(NCCC(=O)N1CCCCC1C)N1CCN(c2ccc(OC)cc2)CC1.I. The number of rotatable bonds is 5. The molecule has 2 saturated heterocycles. The van der Waals surface area contributed by atoms with Crippen molar-refractivity contribution in [1.29, 1.82) is 0 Å². The molecule has 1 aromatic rings. The lowest BCUT2D eigenvalue weighted by atomic mass is 10.0. The van der Waals surface area contributed by atoms with Gasteiger partial charge < -0.3 is 24.8 Å². The Balaban J connectivity index is 0.00000320. The van der Waals surface area contributed by atoms with Gasteiger partial charge in [-0.25, -0.2) is 0 Å². The number of hydrogen-bond acceptors (Lipinski definition) is 4. The van der Waals surface area contributed by atoms with Gasteiger partial charge in [0.05, 0.1) is 7.11 Å². The van der Waals surface area contributed by atoms with Crippen LogP contribution < -0.4 is 15.0 Å². The molecule has 2 aliphatic heterocycles. The van der Waals surface area contributed by atoms with Gasteiger partial charge in [-0.1, -0.05) is 0 Å². The Morgan fingerprint density at radius 1 is 1.13 bits per heavy atom. The van der Waals surface area contributed by atoms with Gasteiger partial charge in [0.15, 0.2) is 5.96 Å². The molecule has 0 saturated carbocycles. The van der Waals surface area contributed by atoms with Gasteiger partial charge in [-0.3, -0.25) is 9.79 Å². The molecule has 168 valence electrons. The number of hydrogen-bond donors (Lipinski definition) is 1. The minimum Gasteiger partial charge on any atom is -0.497 e. The quantitative estimate of drug-likeness (QED) is 0.361. The average molecular weight is 529 g/mol. The molecule has 0 bridgehead atoms. The number of guanidine groups is 1. The Morgan fingerprint density at radius 2 is 1.83 bits per heavy atom. The van der Waals surface area contributed by atoms with E-state index in [0.29, 0.717) is 19.0 Å². The minimum atomic E-state index is 0. The Hall–Kier alpha value is -1.71. The number of halogens is 1. The maximum Gasteiger partial charge on any atom is 0.224 e. The number of piperidine rings is 1. The van der Waals surface area contributed by atoms with E-state index in [1.54, 1.807) is 7.11 Å². The predicted molar refractivity (Wildman–Crippen MR) is 133 cm³/mol. The van der Waals surface area contributed by atoms with Crippen molar-refractivity contribution >= 4 is 41.5 Å². The molecule has 8 heteroatoms.